The van der Waals surface area contributed by atoms with E-state index in [1.54, 1.807) is 0 Å². The van der Waals surface area contributed by atoms with Gasteiger partial charge in [-0.15, -0.1) is 24.8 Å². The van der Waals surface area contributed by atoms with Crippen LogP contribution >= 0.6 is 24.8 Å². The number of nitrogens with zero attached hydrogens (tertiary/aromatic N) is 2. The quantitative estimate of drug-likeness (QED) is 0.822. The Labute approximate surface area is 174 Å². The van der Waals surface area contributed by atoms with Crippen LogP contribution in [0.1, 0.15) is 28.8 Å². The SMILES string of the molecule is Cl.Cl.O=C(c1cccc(CN2CCOCC2)c1)N1CC[C@@H]2CNC[C@@H]2CC1. The summed E-state index contributed by atoms with van der Waals surface area (Å²) >= 11 is 0. The second kappa shape index (κ2) is 10.6. The van der Waals surface area contributed by atoms with E-state index in [0.717, 1.165) is 89.3 Å². The summed E-state index contributed by atoms with van der Waals surface area (Å²) in [6, 6.07) is 8.22. The van der Waals surface area contributed by atoms with Crippen LogP contribution in [-0.4, -0.2) is 68.2 Å². The summed E-state index contributed by atoms with van der Waals surface area (Å²) in [5.41, 5.74) is 2.07. The maximum absolute atomic E-state index is 13.0. The van der Waals surface area contributed by atoms with Gasteiger partial charge in [-0.25, -0.2) is 0 Å². The number of ether oxygens (including phenoxy) is 1. The van der Waals surface area contributed by atoms with E-state index in [0.29, 0.717) is 0 Å². The highest BCUT2D eigenvalue weighted by atomic mass is 35.5. The molecule has 1 aromatic rings. The second-order valence-corrected chi connectivity index (χ2v) is 7.64. The van der Waals surface area contributed by atoms with E-state index in [4.69, 9.17) is 4.74 Å². The Hall–Kier alpha value is -0.850. The van der Waals surface area contributed by atoms with E-state index in [1.807, 2.05) is 12.1 Å². The molecule has 4 rings (SSSR count). The summed E-state index contributed by atoms with van der Waals surface area (Å²) in [5, 5.41) is 3.50. The summed E-state index contributed by atoms with van der Waals surface area (Å²) in [6.07, 6.45) is 2.27. The number of benzene rings is 1. The average molecular weight is 416 g/mol. The molecule has 1 amide bonds. The van der Waals surface area contributed by atoms with Gasteiger partial charge in [0, 0.05) is 38.3 Å². The van der Waals surface area contributed by atoms with Gasteiger partial charge in [0.15, 0.2) is 0 Å². The second-order valence-electron chi connectivity index (χ2n) is 7.64. The lowest BCUT2D eigenvalue weighted by atomic mass is 9.92. The zero-order valence-corrected chi connectivity index (χ0v) is 17.4. The Kier molecular flexibility index (Phi) is 8.83. The van der Waals surface area contributed by atoms with Crippen molar-refractivity contribution in [2.24, 2.45) is 11.8 Å². The Morgan fingerprint density at radius 2 is 1.70 bits per heavy atom. The van der Waals surface area contributed by atoms with Crippen molar-refractivity contribution in [3.8, 4) is 0 Å². The Bertz CT molecular complexity index is 597. The molecule has 152 valence electrons. The molecule has 7 heteroatoms. The van der Waals surface area contributed by atoms with Crippen LogP contribution in [0.5, 0.6) is 0 Å². The summed E-state index contributed by atoms with van der Waals surface area (Å²) in [5.74, 6) is 1.72. The van der Waals surface area contributed by atoms with Crippen LogP contribution in [0.25, 0.3) is 0 Å². The zero-order chi connectivity index (χ0) is 17.1. The Balaban J connectivity index is 0.00000131. The maximum atomic E-state index is 13.0. The summed E-state index contributed by atoms with van der Waals surface area (Å²) in [7, 11) is 0. The first kappa shape index (κ1) is 22.4. The van der Waals surface area contributed by atoms with Gasteiger partial charge in [-0.1, -0.05) is 12.1 Å². The van der Waals surface area contributed by atoms with Crippen molar-refractivity contribution in [3.05, 3.63) is 35.4 Å². The Morgan fingerprint density at radius 1 is 1.04 bits per heavy atom. The number of rotatable bonds is 3. The molecule has 3 aliphatic heterocycles. The third-order valence-electron chi connectivity index (χ3n) is 5.99. The summed E-state index contributed by atoms with van der Waals surface area (Å²) < 4.78 is 5.41. The number of halogens is 2. The maximum Gasteiger partial charge on any atom is 0.253 e. The molecule has 0 saturated carbocycles. The molecule has 0 radical (unpaired) electrons. The fourth-order valence-electron chi connectivity index (χ4n) is 4.42. The van der Waals surface area contributed by atoms with E-state index in [-0.39, 0.29) is 30.7 Å². The number of hydrogen-bond donors (Lipinski definition) is 1. The molecular weight excluding hydrogens is 385 g/mol. The predicted octanol–water partition coefficient (Wildman–Crippen LogP) is 2.43. The molecule has 5 nitrogen and oxygen atoms in total. The fourth-order valence-corrected chi connectivity index (χ4v) is 4.42. The number of likely N-dealkylation sites (tertiary alicyclic amines) is 1. The number of nitrogens with one attached hydrogen (secondary N) is 1. The number of carbonyl (C=O) groups excluding carboxylic acids is 1. The molecule has 3 heterocycles. The van der Waals surface area contributed by atoms with E-state index in [2.05, 4.69) is 27.2 Å². The molecule has 0 aromatic heterocycles. The first-order chi connectivity index (χ1) is 12.3. The van der Waals surface area contributed by atoms with Gasteiger partial charge in [0.2, 0.25) is 0 Å². The van der Waals surface area contributed by atoms with Gasteiger partial charge in [0.1, 0.15) is 0 Å². The lowest BCUT2D eigenvalue weighted by molar-refractivity contribution is 0.0341. The van der Waals surface area contributed by atoms with Crippen LogP contribution in [0, 0.1) is 11.8 Å². The van der Waals surface area contributed by atoms with Crippen LogP contribution in [0.3, 0.4) is 0 Å². The average Bonchev–Trinajstić information content (AvgIpc) is 3.01. The predicted molar refractivity (Wildman–Crippen MR) is 112 cm³/mol. The Morgan fingerprint density at radius 3 is 2.37 bits per heavy atom. The van der Waals surface area contributed by atoms with Crippen LogP contribution in [0.15, 0.2) is 24.3 Å². The van der Waals surface area contributed by atoms with Crippen molar-refractivity contribution >= 4 is 30.7 Å². The van der Waals surface area contributed by atoms with Crippen molar-refractivity contribution in [1.82, 2.24) is 15.1 Å². The lowest BCUT2D eigenvalue weighted by Gasteiger charge is -2.27. The number of amides is 1. The molecule has 3 saturated heterocycles. The third kappa shape index (κ3) is 5.58. The van der Waals surface area contributed by atoms with Gasteiger partial charge < -0.3 is 15.0 Å². The molecule has 0 bridgehead atoms. The number of hydrogen-bond acceptors (Lipinski definition) is 4. The number of morpholine rings is 1. The van der Waals surface area contributed by atoms with Crippen molar-refractivity contribution in [2.45, 2.75) is 19.4 Å². The van der Waals surface area contributed by atoms with Gasteiger partial charge in [-0.05, 0) is 55.5 Å². The van der Waals surface area contributed by atoms with Crippen molar-refractivity contribution in [1.29, 1.82) is 0 Å². The molecule has 2 atom stereocenters. The highest BCUT2D eigenvalue weighted by Crippen LogP contribution is 2.27. The van der Waals surface area contributed by atoms with Crippen LogP contribution in [-0.2, 0) is 11.3 Å². The summed E-state index contributed by atoms with van der Waals surface area (Å²) in [6.45, 7) is 8.52. The molecule has 3 fully saturated rings. The highest BCUT2D eigenvalue weighted by Gasteiger charge is 2.31. The zero-order valence-electron chi connectivity index (χ0n) is 15.8. The van der Waals surface area contributed by atoms with Crippen LogP contribution < -0.4 is 5.32 Å². The number of fused-ring (bicyclic) bond motifs is 1. The van der Waals surface area contributed by atoms with Crippen LogP contribution in [0.2, 0.25) is 0 Å². The third-order valence-corrected chi connectivity index (χ3v) is 5.99. The molecule has 0 spiro atoms. The topological polar surface area (TPSA) is 44.8 Å². The van der Waals surface area contributed by atoms with Gasteiger partial charge >= 0.3 is 0 Å². The molecule has 0 unspecified atom stereocenters. The van der Waals surface area contributed by atoms with E-state index >= 15 is 0 Å². The van der Waals surface area contributed by atoms with Crippen molar-refractivity contribution < 1.29 is 9.53 Å². The summed E-state index contributed by atoms with van der Waals surface area (Å²) in [4.78, 5) is 17.5. The van der Waals surface area contributed by atoms with Crippen LogP contribution in [0.4, 0.5) is 0 Å². The van der Waals surface area contributed by atoms with Crippen molar-refractivity contribution in [3.63, 3.8) is 0 Å². The first-order valence-electron chi connectivity index (χ1n) is 9.68. The standard InChI is InChI=1S/C20H29N3O2.2ClH/c24-20(23-6-4-18-13-21-14-19(18)5-7-23)17-3-1-2-16(12-17)15-22-8-10-25-11-9-22;;/h1-3,12,18-19,21H,4-11,13-15H2;2*1H/t18-,19+;;. The molecule has 3 aliphatic rings. The van der Waals surface area contributed by atoms with Gasteiger partial charge in [0.05, 0.1) is 13.2 Å². The van der Waals surface area contributed by atoms with E-state index < -0.39 is 0 Å². The van der Waals surface area contributed by atoms with E-state index in [1.165, 1.54) is 5.56 Å². The molecule has 0 aliphatic carbocycles. The normalized spacial score (nSPS) is 25.7. The monoisotopic (exact) mass is 415 g/mol. The lowest BCUT2D eigenvalue weighted by Crippen LogP contribution is -2.36. The fraction of sp³-hybridized carbons (Fsp3) is 0.650. The molecule has 1 aromatic carbocycles. The first-order valence-corrected chi connectivity index (χ1v) is 9.68. The molecule has 27 heavy (non-hydrogen) atoms. The smallest absolute Gasteiger partial charge is 0.253 e. The van der Waals surface area contributed by atoms with Gasteiger partial charge in [0.25, 0.3) is 5.91 Å². The van der Waals surface area contributed by atoms with Gasteiger partial charge in [-0.3, -0.25) is 9.69 Å². The van der Waals surface area contributed by atoms with Gasteiger partial charge in [-0.2, -0.15) is 0 Å². The highest BCUT2D eigenvalue weighted by molar-refractivity contribution is 5.94. The van der Waals surface area contributed by atoms with Crippen molar-refractivity contribution in [2.75, 3.05) is 52.5 Å². The minimum absolute atomic E-state index is 0. The largest absolute Gasteiger partial charge is 0.379 e. The molecule has 1 N–H and O–H groups in total. The van der Waals surface area contributed by atoms with E-state index in [9.17, 15) is 4.79 Å². The minimum Gasteiger partial charge on any atom is -0.379 e. The molecular formula is C20H31Cl2N3O2. The number of carbonyl (C=O) groups is 1. The minimum atomic E-state index is 0.